The van der Waals surface area contributed by atoms with Crippen molar-refractivity contribution in [3.8, 4) is 0 Å². The largest absolute Gasteiger partial charge is 0.481 e. The second-order valence-corrected chi connectivity index (χ2v) is 5.99. The number of aliphatic carboxylic acids is 1. The van der Waals surface area contributed by atoms with E-state index >= 15 is 0 Å². The van der Waals surface area contributed by atoms with E-state index in [4.69, 9.17) is 0 Å². The lowest BCUT2D eigenvalue weighted by atomic mass is 10.1. The van der Waals surface area contributed by atoms with E-state index in [0.717, 1.165) is 4.90 Å². The van der Waals surface area contributed by atoms with E-state index in [-0.39, 0.29) is 0 Å². The highest BCUT2D eigenvalue weighted by Crippen LogP contribution is 2.47. The first-order valence-electron chi connectivity index (χ1n) is 6.36. The average molecular weight is 290 g/mol. The fraction of sp³-hybridized carbons (Fsp3) is 0.385. The summed E-state index contributed by atoms with van der Waals surface area (Å²) in [7, 11) is 0. The van der Waals surface area contributed by atoms with E-state index in [2.05, 4.69) is 15.5 Å². The lowest BCUT2D eigenvalue weighted by Crippen LogP contribution is -2.23. The SMILES string of the molecule is O=C(O)C1(Cn2nnnc2CSc2ccccc2)CC1. The molecule has 2 aromatic rings. The van der Waals surface area contributed by atoms with E-state index in [1.165, 1.54) is 0 Å². The summed E-state index contributed by atoms with van der Waals surface area (Å²) in [6.45, 7) is 0.361. The number of hydrogen-bond acceptors (Lipinski definition) is 5. The van der Waals surface area contributed by atoms with Crippen molar-refractivity contribution >= 4 is 17.7 Å². The van der Waals surface area contributed by atoms with Gasteiger partial charge in [-0.2, -0.15) is 0 Å². The van der Waals surface area contributed by atoms with Crippen LogP contribution in [-0.4, -0.2) is 31.3 Å². The molecule has 0 spiro atoms. The van der Waals surface area contributed by atoms with Crippen LogP contribution in [0.3, 0.4) is 0 Å². The van der Waals surface area contributed by atoms with E-state index < -0.39 is 11.4 Å². The van der Waals surface area contributed by atoms with Crippen LogP contribution in [0.2, 0.25) is 0 Å². The van der Waals surface area contributed by atoms with Crippen LogP contribution in [0.5, 0.6) is 0 Å². The molecule has 3 rings (SSSR count). The molecule has 1 heterocycles. The summed E-state index contributed by atoms with van der Waals surface area (Å²) in [5, 5.41) is 20.8. The summed E-state index contributed by atoms with van der Waals surface area (Å²) in [5.74, 6) is 0.591. The molecule has 0 bridgehead atoms. The first kappa shape index (κ1) is 13.1. The molecule has 0 radical (unpaired) electrons. The van der Waals surface area contributed by atoms with Crippen molar-refractivity contribution in [3.05, 3.63) is 36.2 Å². The Kier molecular flexibility index (Phi) is 3.43. The number of hydrogen-bond donors (Lipinski definition) is 1. The van der Waals surface area contributed by atoms with Crippen LogP contribution < -0.4 is 0 Å². The predicted octanol–water partition coefficient (Wildman–Crippen LogP) is 1.83. The van der Waals surface area contributed by atoms with Gasteiger partial charge in [-0.1, -0.05) is 18.2 Å². The zero-order chi connectivity index (χ0) is 14.0. The molecule has 1 saturated carbocycles. The van der Waals surface area contributed by atoms with E-state index in [1.54, 1.807) is 16.4 Å². The van der Waals surface area contributed by atoms with Crippen molar-refractivity contribution in [2.45, 2.75) is 30.0 Å². The third kappa shape index (κ3) is 2.67. The molecule has 1 aromatic carbocycles. The lowest BCUT2D eigenvalue weighted by Gasteiger charge is -2.10. The monoisotopic (exact) mass is 290 g/mol. The normalized spacial score (nSPS) is 16.0. The molecule has 0 unspecified atom stereocenters. The van der Waals surface area contributed by atoms with Gasteiger partial charge in [0.05, 0.1) is 17.7 Å². The van der Waals surface area contributed by atoms with Crippen molar-refractivity contribution in [1.29, 1.82) is 0 Å². The minimum absolute atomic E-state index is 0.361. The van der Waals surface area contributed by atoms with Gasteiger partial charge >= 0.3 is 5.97 Å². The Morgan fingerprint density at radius 1 is 1.35 bits per heavy atom. The van der Waals surface area contributed by atoms with Crippen molar-refractivity contribution in [1.82, 2.24) is 20.2 Å². The van der Waals surface area contributed by atoms with Gasteiger partial charge in [-0.3, -0.25) is 4.79 Å². The van der Waals surface area contributed by atoms with Crippen LogP contribution in [0.1, 0.15) is 18.7 Å². The molecule has 1 fully saturated rings. The maximum absolute atomic E-state index is 11.2. The number of nitrogens with zero attached hydrogens (tertiary/aromatic N) is 4. The molecule has 104 valence electrons. The smallest absolute Gasteiger partial charge is 0.311 e. The van der Waals surface area contributed by atoms with E-state index in [9.17, 15) is 9.90 Å². The predicted molar refractivity (Wildman–Crippen MR) is 73.1 cm³/mol. The number of carboxylic acid groups (broad SMARTS) is 1. The van der Waals surface area contributed by atoms with E-state index in [0.29, 0.717) is 31.0 Å². The van der Waals surface area contributed by atoms with Crippen LogP contribution in [0.4, 0.5) is 0 Å². The highest BCUT2D eigenvalue weighted by molar-refractivity contribution is 7.98. The molecule has 1 aromatic heterocycles. The third-order valence-electron chi connectivity index (χ3n) is 3.48. The highest BCUT2D eigenvalue weighted by atomic mass is 32.2. The summed E-state index contributed by atoms with van der Waals surface area (Å²) < 4.78 is 1.62. The Balaban J connectivity index is 1.67. The van der Waals surface area contributed by atoms with Gasteiger partial charge in [-0.05, 0) is 35.4 Å². The van der Waals surface area contributed by atoms with Gasteiger partial charge in [-0.25, -0.2) is 4.68 Å². The van der Waals surface area contributed by atoms with Crippen molar-refractivity contribution in [2.75, 3.05) is 0 Å². The fourth-order valence-corrected chi connectivity index (χ4v) is 2.84. The number of rotatable bonds is 6. The molecule has 1 N–H and O–H groups in total. The van der Waals surface area contributed by atoms with Gasteiger partial charge in [0.15, 0.2) is 5.82 Å². The summed E-state index contributed by atoms with van der Waals surface area (Å²) in [6, 6.07) is 9.98. The van der Waals surface area contributed by atoms with E-state index in [1.807, 2.05) is 30.3 Å². The first-order valence-corrected chi connectivity index (χ1v) is 7.34. The summed E-state index contributed by atoms with van der Waals surface area (Å²) in [5.41, 5.74) is -0.651. The van der Waals surface area contributed by atoms with Crippen molar-refractivity contribution in [3.63, 3.8) is 0 Å². The van der Waals surface area contributed by atoms with Gasteiger partial charge in [0.1, 0.15) is 0 Å². The first-order chi connectivity index (χ1) is 9.70. The summed E-state index contributed by atoms with van der Waals surface area (Å²) in [4.78, 5) is 12.4. The number of thioether (sulfide) groups is 1. The molecule has 0 atom stereocenters. The van der Waals surface area contributed by atoms with Crippen LogP contribution in [0.15, 0.2) is 35.2 Å². The van der Waals surface area contributed by atoms with Crippen LogP contribution in [0, 0.1) is 5.41 Å². The lowest BCUT2D eigenvalue weighted by molar-refractivity contribution is -0.144. The molecule has 20 heavy (non-hydrogen) atoms. The van der Waals surface area contributed by atoms with Crippen LogP contribution in [0.25, 0.3) is 0 Å². The number of tetrazole rings is 1. The summed E-state index contributed by atoms with van der Waals surface area (Å²) in [6.07, 6.45) is 1.40. The van der Waals surface area contributed by atoms with Crippen molar-refractivity contribution in [2.24, 2.45) is 5.41 Å². The Labute approximate surface area is 120 Å². The highest BCUT2D eigenvalue weighted by Gasteiger charge is 2.51. The Morgan fingerprint density at radius 2 is 2.10 bits per heavy atom. The Bertz CT molecular complexity index is 610. The maximum Gasteiger partial charge on any atom is 0.311 e. The third-order valence-corrected chi connectivity index (χ3v) is 4.48. The molecule has 0 amide bonds. The van der Waals surface area contributed by atoms with Crippen LogP contribution in [-0.2, 0) is 17.1 Å². The quantitative estimate of drug-likeness (QED) is 0.817. The Morgan fingerprint density at radius 3 is 2.75 bits per heavy atom. The standard InChI is InChI=1S/C13H14N4O2S/c18-12(19)13(6-7-13)9-17-11(14-15-16-17)8-20-10-4-2-1-3-5-10/h1-5H,6-9H2,(H,18,19). The molecule has 0 saturated heterocycles. The van der Waals surface area contributed by atoms with Crippen molar-refractivity contribution < 1.29 is 9.90 Å². The topological polar surface area (TPSA) is 80.9 Å². The second-order valence-electron chi connectivity index (χ2n) is 4.94. The minimum atomic E-state index is -0.755. The zero-order valence-corrected chi connectivity index (χ0v) is 11.6. The van der Waals surface area contributed by atoms with Gasteiger partial charge in [0.2, 0.25) is 0 Å². The molecule has 1 aliphatic rings. The number of benzene rings is 1. The summed E-state index contributed by atoms with van der Waals surface area (Å²) >= 11 is 1.64. The van der Waals surface area contributed by atoms with Gasteiger partial charge in [-0.15, -0.1) is 16.9 Å². The Hall–Kier alpha value is -1.89. The zero-order valence-electron chi connectivity index (χ0n) is 10.8. The van der Waals surface area contributed by atoms with Crippen LogP contribution >= 0.6 is 11.8 Å². The molecular formula is C13H14N4O2S. The number of carbonyl (C=O) groups is 1. The van der Waals surface area contributed by atoms with Gasteiger partial charge in [0.25, 0.3) is 0 Å². The van der Waals surface area contributed by atoms with Gasteiger partial charge in [0, 0.05) is 4.90 Å². The minimum Gasteiger partial charge on any atom is -0.481 e. The molecular weight excluding hydrogens is 276 g/mol. The molecule has 6 nitrogen and oxygen atoms in total. The second kappa shape index (κ2) is 5.24. The van der Waals surface area contributed by atoms with Gasteiger partial charge < -0.3 is 5.11 Å². The molecule has 7 heteroatoms. The fourth-order valence-electron chi connectivity index (χ4n) is 1.99. The molecule has 0 aliphatic heterocycles. The maximum atomic E-state index is 11.2. The molecule has 1 aliphatic carbocycles. The number of carboxylic acids is 1. The average Bonchev–Trinajstić information content (AvgIpc) is 3.11. The number of aromatic nitrogens is 4.